The van der Waals surface area contributed by atoms with Crippen LogP contribution >= 0.6 is 0 Å². The van der Waals surface area contributed by atoms with E-state index in [0.29, 0.717) is 24.9 Å². The number of para-hydroxylation sites is 1. The number of nitrogens with one attached hydrogen (secondary N) is 2. The third-order valence-electron chi connectivity index (χ3n) is 4.27. The first-order valence-corrected chi connectivity index (χ1v) is 9.25. The molecule has 7 nitrogen and oxygen atoms in total. The molecule has 1 heterocycles. The number of aryl methyl sites for hydroxylation is 2. The molecule has 2 aromatic carbocycles. The summed E-state index contributed by atoms with van der Waals surface area (Å²) < 4.78 is 10.8. The predicted octanol–water partition coefficient (Wildman–Crippen LogP) is 3.99. The lowest BCUT2D eigenvalue weighted by Gasteiger charge is -2.13. The summed E-state index contributed by atoms with van der Waals surface area (Å²) in [6.07, 6.45) is 2.56. The maximum absolute atomic E-state index is 5.69. The highest BCUT2D eigenvalue weighted by Crippen LogP contribution is 2.24. The van der Waals surface area contributed by atoms with Crippen LogP contribution in [0.3, 0.4) is 0 Å². The van der Waals surface area contributed by atoms with Gasteiger partial charge in [0.2, 0.25) is 5.95 Å². The lowest BCUT2D eigenvalue weighted by Crippen LogP contribution is -2.14. The predicted molar refractivity (Wildman–Crippen MR) is 111 cm³/mol. The molecule has 2 N–H and O–H groups in total. The summed E-state index contributed by atoms with van der Waals surface area (Å²) in [5.41, 5.74) is 3.47. The van der Waals surface area contributed by atoms with E-state index in [4.69, 9.17) is 9.47 Å². The largest absolute Gasteiger partial charge is 0.497 e. The van der Waals surface area contributed by atoms with Gasteiger partial charge in [-0.25, -0.2) is 0 Å². The van der Waals surface area contributed by atoms with Gasteiger partial charge >= 0.3 is 0 Å². The van der Waals surface area contributed by atoms with Crippen LogP contribution in [0.1, 0.15) is 18.1 Å². The molecule has 0 aliphatic carbocycles. The Morgan fingerprint density at radius 2 is 1.82 bits per heavy atom. The van der Waals surface area contributed by atoms with Crippen molar-refractivity contribution >= 4 is 17.5 Å². The van der Waals surface area contributed by atoms with E-state index in [2.05, 4.69) is 57.9 Å². The average Bonchev–Trinajstić information content (AvgIpc) is 2.73. The Kier molecular flexibility index (Phi) is 6.62. The third-order valence-corrected chi connectivity index (χ3v) is 4.27. The minimum Gasteiger partial charge on any atom is -0.497 e. The van der Waals surface area contributed by atoms with Gasteiger partial charge in [-0.15, -0.1) is 5.10 Å². The van der Waals surface area contributed by atoms with E-state index >= 15 is 0 Å². The van der Waals surface area contributed by atoms with Crippen molar-refractivity contribution in [3.05, 3.63) is 59.8 Å². The minimum atomic E-state index is 0.454. The number of anilines is 3. The number of hydrogen-bond donors (Lipinski definition) is 2. The molecule has 0 spiro atoms. The summed E-state index contributed by atoms with van der Waals surface area (Å²) in [5.74, 6) is 2.69. The second kappa shape index (κ2) is 9.55. The van der Waals surface area contributed by atoms with E-state index < -0.39 is 0 Å². The summed E-state index contributed by atoms with van der Waals surface area (Å²) >= 11 is 0. The molecule has 0 fully saturated rings. The second-order valence-corrected chi connectivity index (χ2v) is 6.20. The summed E-state index contributed by atoms with van der Waals surface area (Å²) in [6, 6.07) is 13.7. The van der Waals surface area contributed by atoms with E-state index in [9.17, 15) is 0 Å². The van der Waals surface area contributed by atoms with Gasteiger partial charge < -0.3 is 20.1 Å². The summed E-state index contributed by atoms with van der Waals surface area (Å²) in [5, 5.41) is 14.6. The molecular formula is C21H25N5O2. The molecule has 0 saturated carbocycles. The van der Waals surface area contributed by atoms with Gasteiger partial charge in [-0.2, -0.15) is 10.1 Å². The number of benzene rings is 2. The van der Waals surface area contributed by atoms with Crippen molar-refractivity contribution in [1.82, 2.24) is 15.2 Å². The van der Waals surface area contributed by atoms with Crippen LogP contribution in [0, 0.1) is 6.92 Å². The van der Waals surface area contributed by atoms with Crippen molar-refractivity contribution in [2.45, 2.75) is 20.3 Å². The van der Waals surface area contributed by atoms with Gasteiger partial charge in [0, 0.05) is 5.69 Å². The third kappa shape index (κ3) is 5.09. The highest BCUT2D eigenvalue weighted by atomic mass is 16.5. The molecule has 1 aromatic heterocycles. The zero-order valence-corrected chi connectivity index (χ0v) is 16.4. The van der Waals surface area contributed by atoms with Gasteiger partial charge in [0.25, 0.3) is 0 Å². The molecule has 3 rings (SSSR count). The molecule has 0 amide bonds. The van der Waals surface area contributed by atoms with Crippen LogP contribution in [0.4, 0.5) is 17.5 Å². The first kappa shape index (κ1) is 19.4. The molecule has 0 aliphatic rings. The normalized spacial score (nSPS) is 10.4. The standard InChI is InChI=1S/C21H25N5O2/c1-4-16-7-5-6-15(2)20(16)24-19-14-23-26-21(25-19)22-12-13-28-18-10-8-17(27-3)9-11-18/h5-11,14H,4,12-13H2,1-3H3,(H2,22,24,25,26). The topological polar surface area (TPSA) is 81.2 Å². The van der Waals surface area contributed by atoms with Crippen molar-refractivity contribution in [3.63, 3.8) is 0 Å². The number of hydrogen-bond acceptors (Lipinski definition) is 7. The highest BCUT2D eigenvalue weighted by Gasteiger charge is 2.07. The molecule has 146 valence electrons. The summed E-state index contributed by atoms with van der Waals surface area (Å²) in [7, 11) is 1.64. The van der Waals surface area contributed by atoms with E-state index in [-0.39, 0.29) is 0 Å². The van der Waals surface area contributed by atoms with Gasteiger partial charge in [-0.3, -0.25) is 0 Å². The monoisotopic (exact) mass is 379 g/mol. The van der Waals surface area contributed by atoms with E-state index in [1.807, 2.05) is 24.3 Å². The maximum atomic E-state index is 5.69. The molecule has 0 aliphatic heterocycles. The fourth-order valence-corrected chi connectivity index (χ4v) is 2.77. The Labute approximate surface area is 165 Å². The van der Waals surface area contributed by atoms with Crippen LogP contribution in [0.2, 0.25) is 0 Å². The van der Waals surface area contributed by atoms with Gasteiger partial charge in [0.15, 0.2) is 5.82 Å². The molecule has 3 aromatic rings. The number of ether oxygens (including phenoxy) is 2. The fraction of sp³-hybridized carbons (Fsp3) is 0.286. The molecule has 0 radical (unpaired) electrons. The molecule has 28 heavy (non-hydrogen) atoms. The van der Waals surface area contributed by atoms with E-state index in [0.717, 1.165) is 23.6 Å². The molecular weight excluding hydrogens is 354 g/mol. The highest BCUT2D eigenvalue weighted by molar-refractivity contribution is 5.64. The SMILES string of the molecule is CCc1cccc(C)c1Nc1cnnc(NCCOc2ccc(OC)cc2)n1. The van der Waals surface area contributed by atoms with E-state index in [1.54, 1.807) is 13.3 Å². The average molecular weight is 379 g/mol. The first-order valence-electron chi connectivity index (χ1n) is 9.25. The van der Waals surface area contributed by atoms with Crippen molar-refractivity contribution in [1.29, 1.82) is 0 Å². The lowest BCUT2D eigenvalue weighted by atomic mass is 10.1. The Hall–Kier alpha value is -3.35. The van der Waals surface area contributed by atoms with Crippen LogP contribution in [0.15, 0.2) is 48.7 Å². The quantitative estimate of drug-likeness (QED) is 0.544. The molecule has 0 atom stereocenters. The Morgan fingerprint density at radius 1 is 1.04 bits per heavy atom. The minimum absolute atomic E-state index is 0.454. The van der Waals surface area contributed by atoms with Crippen molar-refractivity contribution < 1.29 is 9.47 Å². The number of rotatable bonds is 9. The molecule has 7 heteroatoms. The first-order chi connectivity index (χ1) is 13.7. The van der Waals surface area contributed by atoms with Crippen LogP contribution in [-0.2, 0) is 6.42 Å². The zero-order valence-electron chi connectivity index (χ0n) is 16.4. The smallest absolute Gasteiger partial charge is 0.244 e. The molecule has 0 saturated heterocycles. The van der Waals surface area contributed by atoms with Crippen LogP contribution < -0.4 is 20.1 Å². The number of aromatic nitrogens is 3. The van der Waals surface area contributed by atoms with Gasteiger partial charge in [0.05, 0.1) is 19.9 Å². The van der Waals surface area contributed by atoms with Gasteiger partial charge in [0.1, 0.15) is 18.1 Å². The Bertz CT molecular complexity index is 900. The lowest BCUT2D eigenvalue weighted by molar-refractivity contribution is 0.331. The zero-order chi connectivity index (χ0) is 19.8. The second-order valence-electron chi connectivity index (χ2n) is 6.20. The summed E-state index contributed by atoms with van der Waals surface area (Å²) in [4.78, 5) is 4.48. The van der Waals surface area contributed by atoms with Gasteiger partial charge in [-0.1, -0.05) is 25.1 Å². The van der Waals surface area contributed by atoms with E-state index in [1.165, 1.54) is 11.1 Å². The van der Waals surface area contributed by atoms with Crippen molar-refractivity contribution in [3.8, 4) is 11.5 Å². The molecule has 0 unspecified atom stereocenters. The van der Waals surface area contributed by atoms with Crippen LogP contribution in [0.5, 0.6) is 11.5 Å². The van der Waals surface area contributed by atoms with Crippen LogP contribution in [-0.4, -0.2) is 35.4 Å². The number of methoxy groups -OCH3 is 1. The number of nitrogens with zero attached hydrogens (tertiary/aromatic N) is 3. The Balaban J connectivity index is 1.55. The Morgan fingerprint density at radius 3 is 2.57 bits per heavy atom. The molecule has 0 bridgehead atoms. The van der Waals surface area contributed by atoms with Crippen molar-refractivity contribution in [2.24, 2.45) is 0 Å². The fourth-order valence-electron chi connectivity index (χ4n) is 2.77. The maximum Gasteiger partial charge on any atom is 0.244 e. The van der Waals surface area contributed by atoms with Crippen molar-refractivity contribution in [2.75, 3.05) is 30.9 Å². The summed E-state index contributed by atoms with van der Waals surface area (Å²) in [6.45, 7) is 5.24. The van der Waals surface area contributed by atoms with Crippen LogP contribution in [0.25, 0.3) is 0 Å². The van der Waals surface area contributed by atoms with Gasteiger partial charge in [-0.05, 0) is 48.7 Å².